The molecule has 1 heterocycles. The molecule has 0 atom stereocenters. The smallest absolute Gasteiger partial charge is 0.0540 e. The minimum Gasteiger partial charge on any atom is -0.310 e. The van der Waals surface area contributed by atoms with E-state index in [2.05, 4.69) is 144 Å². The van der Waals surface area contributed by atoms with Gasteiger partial charge >= 0.3 is 0 Å². The number of hydrogen-bond donors (Lipinski definition) is 0. The topological polar surface area (TPSA) is 3.24 Å². The molecule has 36 heavy (non-hydrogen) atoms. The summed E-state index contributed by atoms with van der Waals surface area (Å²) in [6, 6.07) is 50.2. The van der Waals surface area contributed by atoms with Crippen molar-refractivity contribution in [1.82, 2.24) is 0 Å². The predicted molar refractivity (Wildman–Crippen MR) is 157 cm³/mol. The van der Waals surface area contributed by atoms with Crippen molar-refractivity contribution in [3.63, 3.8) is 0 Å². The summed E-state index contributed by atoms with van der Waals surface area (Å²) >= 11 is 1.86. The van der Waals surface area contributed by atoms with Crippen molar-refractivity contribution in [2.24, 2.45) is 0 Å². The lowest BCUT2D eigenvalue weighted by Gasteiger charge is -2.27. The second kappa shape index (κ2) is 8.67. The number of para-hydroxylation sites is 1. The molecule has 0 aliphatic rings. The Balaban J connectivity index is 1.34. The molecule has 170 valence electrons. The molecule has 0 fully saturated rings. The number of rotatable bonds is 4. The molecule has 0 saturated carbocycles. The van der Waals surface area contributed by atoms with E-state index in [0.29, 0.717) is 0 Å². The zero-order valence-corrected chi connectivity index (χ0v) is 20.5. The van der Waals surface area contributed by atoms with Gasteiger partial charge in [-0.2, -0.15) is 0 Å². The Hall–Kier alpha value is -4.40. The lowest BCUT2D eigenvalue weighted by molar-refractivity contribution is 1.30. The highest BCUT2D eigenvalue weighted by Crippen LogP contribution is 2.40. The van der Waals surface area contributed by atoms with Crippen LogP contribution in [0.25, 0.3) is 42.1 Å². The third kappa shape index (κ3) is 3.55. The van der Waals surface area contributed by atoms with Crippen LogP contribution in [0.4, 0.5) is 17.1 Å². The first kappa shape index (κ1) is 20.9. The van der Waals surface area contributed by atoms with E-state index in [-0.39, 0.29) is 0 Å². The second-order valence-electron chi connectivity index (χ2n) is 9.03. The largest absolute Gasteiger partial charge is 0.310 e. The van der Waals surface area contributed by atoms with Crippen LogP contribution in [0, 0.1) is 0 Å². The van der Waals surface area contributed by atoms with Crippen molar-refractivity contribution in [3.05, 3.63) is 140 Å². The van der Waals surface area contributed by atoms with Gasteiger partial charge in [0.15, 0.2) is 0 Å². The van der Waals surface area contributed by atoms with Gasteiger partial charge in [-0.3, -0.25) is 0 Å². The van der Waals surface area contributed by atoms with Gasteiger partial charge in [0.2, 0.25) is 0 Å². The third-order valence-corrected chi connectivity index (χ3v) is 8.01. The molecule has 7 aromatic rings. The molecule has 0 aliphatic carbocycles. The number of anilines is 3. The highest BCUT2D eigenvalue weighted by atomic mass is 32.1. The average molecular weight is 478 g/mol. The molecule has 7 rings (SSSR count). The van der Waals surface area contributed by atoms with Gasteiger partial charge in [0.05, 0.1) is 5.69 Å². The summed E-state index contributed by atoms with van der Waals surface area (Å²) in [5.74, 6) is 0. The lowest BCUT2D eigenvalue weighted by Crippen LogP contribution is -2.10. The van der Waals surface area contributed by atoms with Crippen LogP contribution in [0.15, 0.2) is 140 Å². The molecular formula is C34H23NS. The number of hydrogen-bond acceptors (Lipinski definition) is 2. The summed E-state index contributed by atoms with van der Waals surface area (Å²) in [5, 5.41) is 5.15. The summed E-state index contributed by atoms with van der Waals surface area (Å²) in [4.78, 5) is 2.35. The molecule has 0 radical (unpaired) electrons. The Morgan fingerprint density at radius 3 is 1.92 bits per heavy atom. The van der Waals surface area contributed by atoms with Gasteiger partial charge in [-0.25, -0.2) is 0 Å². The van der Waals surface area contributed by atoms with Crippen LogP contribution >= 0.6 is 11.3 Å². The summed E-state index contributed by atoms with van der Waals surface area (Å²) in [7, 11) is 0. The number of fused-ring (bicyclic) bond motifs is 4. The van der Waals surface area contributed by atoms with Crippen LogP contribution in [-0.4, -0.2) is 0 Å². The molecular weight excluding hydrogens is 454 g/mol. The van der Waals surface area contributed by atoms with Gasteiger partial charge in [0.1, 0.15) is 0 Å². The van der Waals surface area contributed by atoms with Crippen molar-refractivity contribution in [3.8, 4) is 11.1 Å². The van der Waals surface area contributed by atoms with Gasteiger partial charge in [0, 0.05) is 36.9 Å². The summed E-state index contributed by atoms with van der Waals surface area (Å²) < 4.78 is 2.68. The molecule has 0 unspecified atom stereocenters. The predicted octanol–water partition coefficient (Wildman–Crippen LogP) is 10.3. The Morgan fingerprint density at radius 1 is 0.417 bits per heavy atom. The van der Waals surface area contributed by atoms with Gasteiger partial charge < -0.3 is 4.90 Å². The molecule has 2 heteroatoms. The zero-order chi connectivity index (χ0) is 23.9. The van der Waals surface area contributed by atoms with Crippen LogP contribution in [0.3, 0.4) is 0 Å². The van der Waals surface area contributed by atoms with Crippen LogP contribution < -0.4 is 4.90 Å². The van der Waals surface area contributed by atoms with Crippen molar-refractivity contribution in [2.75, 3.05) is 4.90 Å². The first-order chi connectivity index (χ1) is 17.8. The van der Waals surface area contributed by atoms with Crippen molar-refractivity contribution in [2.45, 2.75) is 0 Å². The van der Waals surface area contributed by atoms with E-state index in [9.17, 15) is 0 Å². The van der Waals surface area contributed by atoms with E-state index in [1.165, 1.54) is 47.8 Å². The van der Waals surface area contributed by atoms with E-state index in [1.807, 2.05) is 11.3 Å². The monoisotopic (exact) mass is 477 g/mol. The minimum atomic E-state index is 1.14. The minimum absolute atomic E-state index is 1.14. The Kier molecular flexibility index (Phi) is 5.04. The fourth-order valence-electron chi connectivity index (χ4n) is 5.12. The SMILES string of the molecule is c1ccc(N(c2ccc(-c3ccc4sc5ccccc5c4c3)cc2)c2cccc3ccccc23)cc1. The molecule has 0 amide bonds. The van der Waals surface area contributed by atoms with Crippen LogP contribution in [0.1, 0.15) is 0 Å². The standard InChI is InChI=1S/C34H23NS/c1-2-11-27(12-3-1)35(32-15-8-10-25-9-4-5-13-29(25)32)28-20-17-24(18-21-28)26-19-22-34-31(23-26)30-14-6-7-16-33(30)36-34/h1-23H. The fourth-order valence-corrected chi connectivity index (χ4v) is 6.20. The van der Waals surface area contributed by atoms with Crippen molar-refractivity contribution < 1.29 is 0 Å². The average Bonchev–Trinajstić information content (AvgIpc) is 3.32. The third-order valence-electron chi connectivity index (χ3n) is 6.86. The van der Waals surface area contributed by atoms with Crippen molar-refractivity contribution in [1.29, 1.82) is 0 Å². The Morgan fingerprint density at radius 2 is 1.06 bits per heavy atom. The number of nitrogens with zero attached hydrogens (tertiary/aromatic N) is 1. The fraction of sp³-hybridized carbons (Fsp3) is 0. The molecule has 0 N–H and O–H groups in total. The maximum Gasteiger partial charge on any atom is 0.0540 e. The van der Waals surface area contributed by atoms with E-state index >= 15 is 0 Å². The van der Waals surface area contributed by atoms with Gasteiger partial charge in [-0.05, 0) is 65.0 Å². The Labute approximate surface area is 214 Å². The second-order valence-corrected chi connectivity index (χ2v) is 10.1. The summed E-state index contributed by atoms with van der Waals surface area (Å²) in [5.41, 5.74) is 5.94. The van der Waals surface area contributed by atoms with E-state index in [4.69, 9.17) is 0 Å². The van der Waals surface area contributed by atoms with E-state index in [1.54, 1.807) is 0 Å². The zero-order valence-electron chi connectivity index (χ0n) is 19.6. The molecule has 1 aromatic heterocycles. The van der Waals surface area contributed by atoms with Crippen LogP contribution in [-0.2, 0) is 0 Å². The molecule has 0 bridgehead atoms. The highest BCUT2D eigenvalue weighted by Gasteiger charge is 2.15. The van der Waals surface area contributed by atoms with Crippen molar-refractivity contribution >= 4 is 59.3 Å². The maximum atomic E-state index is 2.35. The highest BCUT2D eigenvalue weighted by molar-refractivity contribution is 7.25. The van der Waals surface area contributed by atoms with E-state index in [0.717, 1.165) is 11.4 Å². The molecule has 1 nitrogen and oxygen atoms in total. The van der Waals surface area contributed by atoms with Gasteiger partial charge in [-0.15, -0.1) is 11.3 Å². The van der Waals surface area contributed by atoms with E-state index < -0.39 is 0 Å². The van der Waals surface area contributed by atoms with Crippen LogP contribution in [0.2, 0.25) is 0 Å². The quantitative estimate of drug-likeness (QED) is 0.244. The first-order valence-corrected chi connectivity index (χ1v) is 13.0. The molecule has 0 saturated heterocycles. The first-order valence-electron chi connectivity index (χ1n) is 12.2. The molecule has 6 aromatic carbocycles. The molecule has 0 aliphatic heterocycles. The summed E-state index contributed by atoms with van der Waals surface area (Å²) in [6.07, 6.45) is 0. The normalized spacial score (nSPS) is 11.3. The maximum absolute atomic E-state index is 2.35. The summed E-state index contributed by atoms with van der Waals surface area (Å²) in [6.45, 7) is 0. The lowest BCUT2D eigenvalue weighted by atomic mass is 10.0. The number of thiophene rings is 1. The molecule has 0 spiro atoms. The number of benzene rings is 6. The van der Waals surface area contributed by atoms with Gasteiger partial charge in [0.25, 0.3) is 0 Å². The van der Waals surface area contributed by atoms with Gasteiger partial charge in [-0.1, -0.05) is 91.0 Å². The van der Waals surface area contributed by atoms with Crippen LogP contribution in [0.5, 0.6) is 0 Å². The Bertz CT molecular complexity index is 1830.